The molecule has 0 aromatic carbocycles. The van der Waals surface area contributed by atoms with E-state index in [0.717, 1.165) is 7.11 Å². The van der Waals surface area contributed by atoms with E-state index in [1.54, 1.807) is 0 Å². The standard InChI is InChI=1S/C6H10O5Si/c1-3(6(9)10-2)4(11-12)5(7)8/h4H,1H2,2,12H3,(H,7,8). The summed E-state index contributed by atoms with van der Waals surface area (Å²) in [5, 5.41) is 8.52. The van der Waals surface area contributed by atoms with Gasteiger partial charge in [-0.15, -0.1) is 0 Å². The Bertz CT molecular complexity index is 212. The molecule has 0 aliphatic carbocycles. The zero-order valence-corrected chi connectivity index (χ0v) is 8.86. The first kappa shape index (κ1) is 10.9. The number of aliphatic carboxylic acids is 1. The van der Waals surface area contributed by atoms with E-state index >= 15 is 0 Å². The van der Waals surface area contributed by atoms with E-state index in [4.69, 9.17) is 5.11 Å². The summed E-state index contributed by atoms with van der Waals surface area (Å²) in [5.41, 5.74) is -0.194. The molecule has 0 saturated carbocycles. The van der Waals surface area contributed by atoms with Crippen molar-refractivity contribution in [3.05, 3.63) is 12.2 Å². The molecule has 1 atom stereocenters. The largest absolute Gasteiger partial charge is 0.479 e. The third-order valence-electron chi connectivity index (χ3n) is 1.22. The Balaban J connectivity index is 4.42. The lowest BCUT2D eigenvalue weighted by Gasteiger charge is -2.11. The van der Waals surface area contributed by atoms with Crippen molar-refractivity contribution in [3.8, 4) is 0 Å². The van der Waals surface area contributed by atoms with E-state index in [-0.39, 0.29) is 16.1 Å². The van der Waals surface area contributed by atoms with Crippen molar-refractivity contribution in [3.63, 3.8) is 0 Å². The molecule has 68 valence electrons. The highest BCUT2D eigenvalue weighted by Gasteiger charge is 2.25. The minimum absolute atomic E-state index is 0.194. The summed E-state index contributed by atoms with van der Waals surface area (Å²) in [5.74, 6) is -2.00. The van der Waals surface area contributed by atoms with Crippen molar-refractivity contribution in [2.24, 2.45) is 0 Å². The lowest BCUT2D eigenvalue weighted by molar-refractivity contribution is -0.147. The second-order valence-electron chi connectivity index (χ2n) is 1.97. The zero-order chi connectivity index (χ0) is 9.72. The maximum atomic E-state index is 10.8. The van der Waals surface area contributed by atoms with Gasteiger partial charge in [0.15, 0.2) is 6.10 Å². The molecule has 0 saturated heterocycles. The summed E-state index contributed by atoms with van der Waals surface area (Å²) in [6, 6.07) is 0. The molecule has 6 heteroatoms. The van der Waals surface area contributed by atoms with Gasteiger partial charge in [0.1, 0.15) is 10.5 Å². The first-order chi connectivity index (χ1) is 5.54. The smallest absolute Gasteiger partial charge is 0.336 e. The molecule has 0 aromatic rings. The number of methoxy groups -OCH3 is 1. The maximum Gasteiger partial charge on any atom is 0.336 e. The summed E-state index contributed by atoms with van der Waals surface area (Å²) in [4.78, 5) is 21.2. The Morgan fingerprint density at radius 1 is 1.58 bits per heavy atom. The monoisotopic (exact) mass is 190 g/mol. The van der Waals surface area contributed by atoms with Crippen molar-refractivity contribution < 1.29 is 23.9 Å². The Hall–Kier alpha value is -1.14. The van der Waals surface area contributed by atoms with E-state index in [0.29, 0.717) is 0 Å². The number of carboxylic acids is 1. The van der Waals surface area contributed by atoms with Gasteiger partial charge < -0.3 is 14.3 Å². The quantitative estimate of drug-likeness (QED) is 0.330. The highest BCUT2D eigenvalue weighted by Crippen LogP contribution is 2.05. The van der Waals surface area contributed by atoms with Gasteiger partial charge in [0, 0.05) is 0 Å². The second-order valence-corrected chi connectivity index (χ2v) is 2.44. The lowest BCUT2D eigenvalue weighted by Crippen LogP contribution is -2.29. The van der Waals surface area contributed by atoms with Crippen LogP contribution in [0, 0.1) is 0 Å². The van der Waals surface area contributed by atoms with Crippen LogP contribution in [-0.4, -0.2) is 40.7 Å². The van der Waals surface area contributed by atoms with Crippen LogP contribution in [0.5, 0.6) is 0 Å². The first-order valence-electron chi connectivity index (χ1n) is 3.07. The molecule has 0 aliphatic rings. The number of hydrogen-bond donors (Lipinski definition) is 1. The summed E-state index contributed by atoms with van der Waals surface area (Å²) in [7, 11) is 1.37. The number of ether oxygens (including phenoxy) is 1. The topological polar surface area (TPSA) is 72.8 Å². The third kappa shape index (κ3) is 2.48. The molecule has 0 heterocycles. The summed E-state index contributed by atoms with van der Waals surface area (Å²) >= 11 is 0. The van der Waals surface area contributed by atoms with Crippen molar-refractivity contribution >= 4 is 22.4 Å². The minimum Gasteiger partial charge on any atom is -0.479 e. The average Bonchev–Trinajstić information content (AvgIpc) is 2.03. The van der Waals surface area contributed by atoms with E-state index in [9.17, 15) is 9.59 Å². The lowest BCUT2D eigenvalue weighted by atomic mass is 10.2. The molecule has 0 aromatic heterocycles. The summed E-state index contributed by atoms with van der Waals surface area (Å²) in [6.07, 6.45) is -1.27. The van der Waals surface area contributed by atoms with Gasteiger partial charge in [-0.1, -0.05) is 6.58 Å². The van der Waals surface area contributed by atoms with E-state index in [1.165, 1.54) is 0 Å². The number of carboxylic acid groups (broad SMARTS) is 1. The van der Waals surface area contributed by atoms with Crippen LogP contribution in [-0.2, 0) is 18.8 Å². The fraction of sp³-hybridized carbons (Fsp3) is 0.333. The molecule has 0 spiro atoms. The molecular weight excluding hydrogens is 180 g/mol. The van der Waals surface area contributed by atoms with Gasteiger partial charge in [-0.05, 0) is 0 Å². The van der Waals surface area contributed by atoms with Crippen molar-refractivity contribution in [1.82, 2.24) is 0 Å². The molecule has 0 radical (unpaired) electrons. The number of rotatable bonds is 4. The maximum absolute atomic E-state index is 10.8. The van der Waals surface area contributed by atoms with E-state index < -0.39 is 18.0 Å². The molecule has 1 unspecified atom stereocenters. The minimum atomic E-state index is -1.27. The predicted molar refractivity (Wildman–Crippen MR) is 43.6 cm³/mol. The number of carbonyl (C=O) groups is 2. The Morgan fingerprint density at radius 2 is 2.08 bits per heavy atom. The van der Waals surface area contributed by atoms with Crippen molar-refractivity contribution in [1.29, 1.82) is 0 Å². The molecule has 0 rings (SSSR count). The highest BCUT2D eigenvalue weighted by atomic mass is 28.2. The van der Waals surface area contributed by atoms with Gasteiger partial charge >= 0.3 is 11.9 Å². The van der Waals surface area contributed by atoms with Gasteiger partial charge in [0.25, 0.3) is 0 Å². The first-order valence-corrected chi connectivity index (χ1v) is 3.89. The molecule has 0 fully saturated rings. The van der Waals surface area contributed by atoms with Crippen molar-refractivity contribution in [2.75, 3.05) is 7.11 Å². The van der Waals surface area contributed by atoms with Crippen LogP contribution < -0.4 is 0 Å². The van der Waals surface area contributed by atoms with E-state index in [2.05, 4.69) is 15.7 Å². The molecule has 12 heavy (non-hydrogen) atoms. The van der Waals surface area contributed by atoms with Crippen LogP contribution in [0.4, 0.5) is 0 Å². The number of esters is 1. The Kier molecular flexibility index (Phi) is 4.23. The van der Waals surface area contributed by atoms with Crippen LogP contribution >= 0.6 is 0 Å². The van der Waals surface area contributed by atoms with Gasteiger partial charge in [-0.2, -0.15) is 0 Å². The zero-order valence-electron chi connectivity index (χ0n) is 6.86. The van der Waals surface area contributed by atoms with Crippen molar-refractivity contribution in [2.45, 2.75) is 6.10 Å². The van der Waals surface area contributed by atoms with Crippen LogP contribution in [0.25, 0.3) is 0 Å². The second kappa shape index (κ2) is 4.68. The molecule has 0 aliphatic heterocycles. The predicted octanol–water partition coefficient (Wildman–Crippen LogP) is -1.53. The van der Waals surface area contributed by atoms with Crippen LogP contribution in [0.1, 0.15) is 0 Å². The normalized spacial score (nSPS) is 12.1. The summed E-state index contributed by atoms with van der Waals surface area (Å²) in [6.45, 7) is 3.26. The summed E-state index contributed by atoms with van der Waals surface area (Å²) < 4.78 is 8.91. The van der Waals surface area contributed by atoms with Gasteiger partial charge in [0.2, 0.25) is 0 Å². The fourth-order valence-electron chi connectivity index (χ4n) is 0.630. The van der Waals surface area contributed by atoms with Gasteiger partial charge in [-0.25, -0.2) is 9.59 Å². The van der Waals surface area contributed by atoms with Crippen LogP contribution in [0.15, 0.2) is 12.2 Å². The molecule has 0 bridgehead atoms. The number of hydrogen-bond acceptors (Lipinski definition) is 4. The molecule has 0 amide bonds. The fourth-order valence-corrected chi connectivity index (χ4v) is 1.12. The third-order valence-corrected chi connectivity index (χ3v) is 1.70. The van der Waals surface area contributed by atoms with Crippen LogP contribution in [0.3, 0.4) is 0 Å². The Labute approximate surface area is 72.5 Å². The van der Waals surface area contributed by atoms with E-state index in [1.807, 2.05) is 0 Å². The number of carbonyl (C=O) groups excluding carboxylic acids is 1. The van der Waals surface area contributed by atoms with Gasteiger partial charge in [0.05, 0.1) is 12.7 Å². The SMILES string of the molecule is C=C(C(=O)OC)C(O[SiH3])C(=O)O. The molecule has 5 nitrogen and oxygen atoms in total. The highest BCUT2D eigenvalue weighted by molar-refractivity contribution is 6.03. The van der Waals surface area contributed by atoms with Crippen LogP contribution in [0.2, 0.25) is 0 Å². The molecule has 1 N–H and O–H groups in total. The Morgan fingerprint density at radius 3 is 2.33 bits per heavy atom. The average molecular weight is 190 g/mol. The molecular formula is C6H10O5Si. The van der Waals surface area contributed by atoms with Gasteiger partial charge in [-0.3, -0.25) is 0 Å².